The molecule has 1 saturated heterocycles. The zero-order valence-corrected chi connectivity index (χ0v) is 13.6. The predicted molar refractivity (Wildman–Crippen MR) is 82.3 cm³/mol. The molecular weight excluding hydrogens is 322 g/mol. The van der Waals surface area contributed by atoms with Gasteiger partial charge in [0.25, 0.3) is 0 Å². The first-order chi connectivity index (χ1) is 9.60. The van der Waals surface area contributed by atoms with E-state index in [1.807, 2.05) is 19.1 Å². The van der Waals surface area contributed by atoms with Gasteiger partial charge in [0.1, 0.15) is 0 Å². The topological polar surface area (TPSA) is 41.9 Å². The van der Waals surface area contributed by atoms with Crippen LogP contribution < -0.4 is 4.74 Å². The van der Waals surface area contributed by atoms with E-state index in [0.29, 0.717) is 16.8 Å². The van der Waals surface area contributed by atoms with E-state index in [1.165, 1.54) is 0 Å². The van der Waals surface area contributed by atoms with Crippen LogP contribution in [-0.4, -0.2) is 42.4 Å². The molecule has 0 amide bonds. The zero-order valence-electron chi connectivity index (χ0n) is 12.1. The van der Waals surface area contributed by atoms with Crippen LogP contribution in [0.4, 0.5) is 0 Å². The van der Waals surface area contributed by atoms with Crippen LogP contribution in [0.5, 0.6) is 11.5 Å². The van der Waals surface area contributed by atoms with Crippen molar-refractivity contribution in [2.45, 2.75) is 32.9 Å². The molecule has 1 unspecified atom stereocenters. The molecule has 1 N–H and O–H groups in total. The van der Waals surface area contributed by atoms with E-state index in [-0.39, 0.29) is 11.9 Å². The molecule has 1 fully saturated rings. The van der Waals surface area contributed by atoms with Gasteiger partial charge < -0.3 is 14.6 Å². The smallest absolute Gasteiger partial charge is 0.172 e. The van der Waals surface area contributed by atoms with Crippen LogP contribution in [-0.2, 0) is 11.3 Å². The molecule has 1 atom stereocenters. The molecule has 0 radical (unpaired) electrons. The summed E-state index contributed by atoms with van der Waals surface area (Å²) in [5, 5.41) is 9.94. The summed E-state index contributed by atoms with van der Waals surface area (Å²) in [5.41, 5.74) is 1.13. The van der Waals surface area contributed by atoms with Gasteiger partial charge in [-0.05, 0) is 53.9 Å². The van der Waals surface area contributed by atoms with Crippen molar-refractivity contribution in [1.82, 2.24) is 4.90 Å². The Morgan fingerprint density at radius 3 is 3.05 bits per heavy atom. The number of phenolic OH excluding ortho intramolecular Hbond substituents is 1. The fourth-order valence-corrected chi connectivity index (χ4v) is 2.96. The van der Waals surface area contributed by atoms with Crippen LogP contribution in [0, 0.1) is 0 Å². The lowest BCUT2D eigenvalue weighted by Crippen LogP contribution is -2.29. The van der Waals surface area contributed by atoms with Crippen molar-refractivity contribution in [2.24, 2.45) is 0 Å². The van der Waals surface area contributed by atoms with Crippen LogP contribution in [0.2, 0.25) is 0 Å². The predicted octanol–water partition coefficient (Wildman–Crippen LogP) is 3.16. The Kier molecular flexibility index (Phi) is 5.69. The molecular formula is C15H22BrNO3. The highest BCUT2D eigenvalue weighted by Crippen LogP contribution is 2.35. The van der Waals surface area contributed by atoms with Crippen molar-refractivity contribution in [3.8, 4) is 11.5 Å². The van der Waals surface area contributed by atoms with Gasteiger partial charge in [-0.25, -0.2) is 0 Å². The van der Waals surface area contributed by atoms with Gasteiger partial charge in [-0.3, -0.25) is 4.90 Å². The number of hydrogen-bond acceptors (Lipinski definition) is 4. The van der Waals surface area contributed by atoms with Gasteiger partial charge in [0.05, 0.1) is 17.2 Å². The molecule has 0 bridgehead atoms. The second kappa shape index (κ2) is 7.29. The van der Waals surface area contributed by atoms with E-state index >= 15 is 0 Å². The van der Waals surface area contributed by atoms with E-state index < -0.39 is 0 Å². The molecule has 0 aliphatic carbocycles. The molecule has 0 aromatic heterocycles. The first-order valence-electron chi connectivity index (χ1n) is 7.08. The van der Waals surface area contributed by atoms with Crippen molar-refractivity contribution in [3.63, 3.8) is 0 Å². The SMILES string of the molecule is CCOc1cc(CN2CCCOC(C)C2)cc(Br)c1O. The van der Waals surface area contributed by atoms with Gasteiger partial charge in [0.2, 0.25) is 0 Å². The van der Waals surface area contributed by atoms with Crippen LogP contribution >= 0.6 is 15.9 Å². The van der Waals surface area contributed by atoms with E-state index in [4.69, 9.17) is 9.47 Å². The molecule has 1 aromatic rings. The summed E-state index contributed by atoms with van der Waals surface area (Å²) in [6.07, 6.45) is 1.33. The number of nitrogens with zero attached hydrogens (tertiary/aromatic N) is 1. The fourth-order valence-electron chi connectivity index (χ4n) is 2.47. The second-order valence-electron chi connectivity index (χ2n) is 5.13. The molecule has 20 heavy (non-hydrogen) atoms. The average molecular weight is 344 g/mol. The number of halogens is 1. The second-order valence-corrected chi connectivity index (χ2v) is 5.98. The Morgan fingerprint density at radius 2 is 2.30 bits per heavy atom. The van der Waals surface area contributed by atoms with Gasteiger partial charge in [0, 0.05) is 26.2 Å². The Labute approximate surface area is 128 Å². The third-order valence-corrected chi connectivity index (χ3v) is 3.94. The highest BCUT2D eigenvalue weighted by Gasteiger charge is 2.17. The third-order valence-electron chi connectivity index (χ3n) is 3.33. The molecule has 1 aliphatic rings. The minimum absolute atomic E-state index is 0.170. The van der Waals surface area contributed by atoms with Crippen molar-refractivity contribution in [3.05, 3.63) is 22.2 Å². The Bertz CT molecular complexity index is 453. The summed E-state index contributed by atoms with van der Waals surface area (Å²) in [6.45, 7) is 8.20. The van der Waals surface area contributed by atoms with Gasteiger partial charge in [0.15, 0.2) is 11.5 Å². The van der Waals surface area contributed by atoms with Gasteiger partial charge in [-0.15, -0.1) is 0 Å². The minimum atomic E-state index is 0.170. The molecule has 1 aromatic carbocycles. The fraction of sp³-hybridized carbons (Fsp3) is 0.600. The number of aromatic hydroxyl groups is 1. The minimum Gasteiger partial charge on any atom is -0.503 e. The number of ether oxygens (including phenoxy) is 2. The first kappa shape index (κ1) is 15.6. The zero-order chi connectivity index (χ0) is 14.5. The maximum atomic E-state index is 9.94. The first-order valence-corrected chi connectivity index (χ1v) is 7.87. The normalized spacial score (nSPS) is 20.6. The van der Waals surface area contributed by atoms with Gasteiger partial charge in [-0.2, -0.15) is 0 Å². The highest BCUT2D eigenvalue weighted by molar-refractivity contribution is 9.10. The summed E-state index contributed by atoms with van der Waals surface area (Å²) in [7, 11) is 0. The van der Waals surface area contributed by atoms with Gasteiger partial charge >= 0.3 is 0 Å². The third kappa shape index (κ3) is 4.11. The number of rotatable bonds is 4. The summed E-state index contributed by atoms with van der Waals surface area (Å²) >= 11 is 3.39. The largest absolute Gasteiger partial charge is 0.503 e. The number of benzene rings is 1. The van der Waals surface area contributed by atoms with Crippen LogP contribution in [0.25, 0.3) is 0 Å². The van der Waals surface area contributed by atoms with Crippen LogP contribution in [0.3, 0.4) is 0 Å². The van der Waals surface area contributed by atoms with Crippen LogP contribution in [0.1, 0.15) is 25.8 Å². The monoisotopic (exact) mass is 343 g/mol. The lowest BCUT2D eigenvalue weighted by atomic mass is 10.1. The lowest BCUT2D eigenvalue weighted by Gasteiger charge is -2.22. The highest BCUT2D eigenvalue weighted by atomic mass is 79.9. The molecule has 1 heterocycles. The Morgan fingerprint density at radius 1 is 1.50 bits per heavy atom. The average Bonchev–Trinajstić information content (AvgIpc) is 2.60. The van der Waals surface area contributed by atoms with Crippen LogP contribution in [0.15, 0.2) is 16.6 Å². The van der Waals surface area contributed by atoms with Crippen molar-refractivity contribution in [2.75, 3.05) is 26.3 Å². The molecule has 4 nitrogen and oxygen atoms in total. The van der Waals surface area contributed by atoms with E-state index in [9.17, 15) is 5.11 Å². The molecule has 2 rings (SSSR count). The summed E-state index contributed by atoms with van der Waals surface area (Å²) in [4.78, 5) is 2.38. The maximum Gasteiger partial charge on any atom is 0.172 e. The lowest BCUT2D eigenvalue weighted by molar-refractivity contribution is 0.0668. The van der Waals surface area contributed by atoms with Crippen molar-refractivity contribution >= 4 is 15.9 Å². The Balaban J connectivity index is 2.11. The summed E-state index contributed by atoms with van der Waals surface area (Å²) in [6, 6.07) is 3.87. The molecule has 112 valence electrons. The van der Waals surface area contributed by atoms with E-state index in [0.717, 1.165) is 38.2 Å². The quantitative estimate of drug-likeness (QED) is 0.911. The molecule has 1 aliphatic heterocycles. The van der Waals surface area contributed by atoms with E-state index in [1.54, 1.807) is 0 Å². The standard InChI is InChI=1S/C15H22BrNO3/c1-3-19-14-8-12(7-13(16)15(14)18)10-17-5-4-6-20-11(2)9-17/h7-8,11,18H,3-6,9-10H2,1-2H3. The number of phenols is 1. The summed E-state index contributed by atoms with van der Waals surface area (Å²) in [5.74, 6) is 0.708. The Hall–Kier alpha value is -0.780. The molecule has 0 spiro atoms. The molecule has 5 heteroatoms. The van der Waals surface area contributed by atoms with Crippen molar-refractivity contribution in [1.29, 1.82) is 0 Å². The molecule has 0 saturated carbocycles. The maximum absolute atomic E-state index is 9.94. The van der Waals surface area contributed by atoms with E-state index in [2.05, 4.69) is 27.8 Å². The number of hydrogen-bond donors (Lipinski definition) is 1. The summed E-state index contributed by atoms with van der Waals surface area (Å²) < 4.78 is 11.8. The van der Waals surface area contributed by atoms with Crippen molar-refractivity contribution < 1.29 is 14.6 Å². The van der Waals surface area contributed by atoms with Gasteiger partial charge in [-0.1, -0.05) is 0 Å².